The number of rotatable bonds is 3. The number of hydrogen-bond donors (Lipinski definition) is 3. The fourth-order valence-electron chi connectivity index (χ4n) is 1.78. The summed E-state index contributed by atoms with van der Waals surface area (Å²) in [5, 5.41) is 16.2. The third-order valence-electron chi connectivity index (χ3n) is 2.73. The van der Waals surface area contributed by atoms with Crippen molar-refractivity contribution in [2.45, 2.75) is 13.5 Å². The zero-order valence-corrected chi connectivity index (χ0v) is 12.5. The highest BCUT2D eigenvalue weighted by atomic mass is 32.1. The predicted molar refractivity (Wildman–Crippen MR) is 85.3 cm³/mol. The molecule has 0 aliphatic carbocycles. The van der Waals surface area contributed by atoms with E-state index in [0.717, 1.165) is 21.7 Å². The summed E-state index contributed by atoms with van der Waals surface area (Å²) in [4.78, 5) is 12.8. The minimum Gasteiger partial charge on any atom is -0.384 e. The summed E-state index contributed by atoms with van der Waals surface area (Å²) in [6.07, 6.45) is 0. The largest absolute Gasteiger partial charge is 0.384 e. The van der Waals surface area contributed by atoms with E-state index >= 15 is 0 Å². The Morgan fingerprint density at radius 3 is 3.00 bits per heavy atom. The number of carbonyl (C=O) groups is 1. The van der Waals surface area contributed by atoms with Crippen LogP contribution in [0.2, 0.25) is 0 Å². The van der Waals surface area contributed by atoms with Gasteiger partial charge < -0.3 is 15.7 Å². The van der Waals surface area contributed by atoms with Gasteiger partial charge in [0, 0.05) is 16.1 Å². The molecule has 0 atom stereocenters. The molecule has 0 saturated heterocycles. The van der Waals surface area contributed by atoms with Crippen molar-refractivity contribution in [3.05, 3.63) is 51.7 Å². The Morgan fingerprint density at radius 1 is 1.38 bits per heavy atom. The average Bonchev–Trinajstić information content (AvgIpc) is 2.90. The van der Waals surface area contributed by atoms with Crippen LogP contribution in [0.3, 0.4) is 0 Å². The van der Waals surface area contributed by atoms with Gasteiger partial charge in [-0.05, 0) is 36.1 Å². The number of nitrogens with one attached hydrogen (secondary N) is 2. The zero-order chi connectivity index (χ0) is 15.1. The molecule has 0 saturated carbocycles. The van der Waals surface area contributed by atoms with Gasteiger partial charge in [0.25, 0.3) is 0 Å². The lowest BCUT2D eigenvalue weighted by Crippen LogP contribution is -2.28. The molecule has 21 heavy (non-hydrogen) atoms. The van der Waals surface area contributed by atoms with Gasteiger partial charge in [0.15, 0.2) is 0 Å². The van der Waals surface area contributed by atoms with Gasteiger partial charge >= 0.3 is 6.03 Å². The van der Waals surface area contributed by atoms with Crippen LogP contribution < -0.4 is 10.6 Å². The molecule has 1 heterocycles. The Hall–Kier alpha value is -2.29. The maximum atomic E-state index is 11.9. The van der Waals surface area contributed by atoms with E-state index in [-0.39, 0.29) is 12.6 Å². The Balaban J connectivity index is 1.91. The van der Waals surface area contributed by atoms with Crippen LogP contribution in [0.25, 0.3) is 0 Å². The van der Waals surface area contributed by atoms with Crippen molar-refractivity contribution in [2.75, 3.05) is 11.9 Å². The van der Waals surface area contributed by atoms with E-state index in [9.17, 15) is 4.79 Å². The normalized spacial score (nSPS) is 9.62. The first-order valence-corrected chi connectivity index (χ1v) is 7.34. The van der Waals surface area contributed by atoms with E-state index in [1.54, 1.807) is 0 Å². The van der Waals surface area contributed by atoms with E-state index < -0.39 is 0 Å². The van der Waals surface area contributed by atoms with Crippen LogP contribution in [-0.4, -0.2) is 17.7 Å². The highest BCUT2D eigenvalue weighted by Gasteiger charge is 2.05. The van der Waals surface area contributed by atoms with Crippen molar-refractivity contribution in [1.29, 1.82) is 0 Å². The number of carbonyl (C=O) groups excluding carboxylic acids is 1. The van der Waals surface area contributed by atoms with Crippen molar-refractivity contribution in [1.82, 2.24) is 5.32 Å². The molecule has 0 radical (unpaired) electrons. The average molecular weight is 300 g/mol. The number of anilines is 1. The fourth-order valence-corrected chi connectivity index (χ4v) is 2.55. The highest BCUT2D eigenvalue weighted by molar-refractivity contribution is 7.10. The van der Waals surface area contributed by atoms with Gasteiger partial charge in [0.1, 0.15) is 6.61 Å². The summed E-state index contributed by atoms with van der Waals surface area (Å²) in [6.45, 7) is 2.21. The molecule has 0 unspecified atom stereocenters. The van der Waals surface area contributed by atoms with Crippen molar-refractivity contribution >= 4 is 23.1 Å². The first-order chi connectivity index (χ1) is 10.2. The van der Waals surface area contributed by atoms with Crippen LogP contribution in [0.15, 0.2) is 35.7 Å². The number of benzene rings is 1. The van der Waals surface area contributed by atoms with Crippen molar-refractivity contribution in [2.24, 2.45) is 0 Å². The quantitative estimate of drug-likeness (QED) is 0.763. The molecule has 0 aliphatic rings. The maximum Gasteiger partial charge on any atom is 0.319 e. The molecular formula is C16H16N2O2S. The minimum atomic E-state index is -0.255. The highest BCUT2D eigenvalue weighted by Crippen LogP contribution is 2.15. The maximum absolute atomic E-state index is 11.9. The van der Waals surface area contributed by atoms with Gasteiger partial charge in [-0.3, -0.25) is 0 Å². The van der Waals surface area contributed by atoms with Gasteiger partial charge in [0.05, 0.1) is 6.54 Å². The number of thiophene rings is 1. The van der Waals surface area contributed by atoms with Crippen LogP contribution in [0.4, 0.5) is 10.5 Å². The molecule has 1 aromatic carbocycles. The molecule has 0 aliphatic heterocycles. The second kappa shape index (κ2) is 7.48. The summed E-state index contributed by atoms with van der Waals surface area (Å²) in [5.74, 6) is 5.47. The van der Waals surface area contributed by atoms with E-state index in [0.29, 0.717) is 6.54 Å². The molecule has 4 nitrogen and oxygen atoms in total. The van der Waals surface area contributed by atoms with Gasteiger partial charge in [-0.2, -0.15) is 0 Å². The summed E-state index contributed by atoms with van der Waals surface area (Å²) in [7, 11) is 0. The molecule has 2 rings (SSSR count). The fraction of sp³-hybridized carbons (Fsp3) is 0.188. The second-order valence-electron chi connectivity index (χ2n) is 4.39. The molecule has 0 bridgehead atoms. The number of hydrogen-bond acceptors (Lipinski definition) is 3. The summed E-state index contributed by atoms with van der Waals surface area (Å²) >= 11 is 1.52. The first kappa shape index (κ1) is 15.1. The van der Waals surface area contributed by atoms with E-state index in [1.165, 1.54) is 11.3 Å². The molecule has 2 aromatic rings. The number of aryl methyl sites for hydroxylation is 1. The van der Waals surface area contributed by atoms with Gasteiger partial charge in [0.2, 0.25) is 0 Å². The van der Waals surface area contributed by atoms with Gasteiger partial charge in [-0.1, -0.05) is 24.0 Å². The third kappa shape index (κ3) is 4.63. The van der Waals surface area contributed by atoms with E-state index in [4.69, 9.17) is 5.11 Å². The van der Waals surface area contributed by atoms with Crippen molar-refractivity contribution < 1.29 is 9.90 Å². The Labute approximate surface area is 127 Å². The number of urea groups is 1. The van der Waals surface area contributed by atoms with Crippen LogP contribution in [0, 0.1) is 18.8 Å². The molecule has 3 N–H and O–H groups in total. The van der Waals surface area contributed by atoms with Crippen LogP contribution >= 0.6 is 11.3 Å². The second-order valence-corrected chi connectivity index (χ2v) is 5.40. The predicted octanol–water partition coefficient (Wildman–Crippen LogP) is 2.72. The van der Waals surface area contributed by atoms with E-state index in [1.807, 2.05) is 42.6 Å². The molecule has 0 fully saturated rings. The zero-order valence-electron chi connectivity index (χ0n) is 11.6. The monoisotopic (exact) mass is 300 g/mol. The third-order valence-corrected chi connectivity index (χ3v) is 3.65. The smallest absolute Gasteiger partial charge is 0.319 e. The van der Waals surface area contributed by atoms with Crippen LogP contribution in [0.1, 0.15) is 16.0 Å². The summed E-state index contributed by atoms with van der Waals surface area (Å²) in [5.41, 5.74) is 2.69. The van der Waals surface area contributed by atoms with Gasteiger partial charge in [-0.25, -0.2) is 4.79 Å². The summed E-state index contributed by atoms with van der Waals surface area (Å²) in [6, 6.07) is 9.24. The Bertz CT molecular complexity index is 683. The molecule has 2 amide bonds. The lowest BCUT2D eigenvalue weighted by molar-refractivity contribution is 0.252. The summed E-state index contributed by atoms with van der Waals surface area (Å²) < 4.78 is 0. The Morgan fingerprint density at radius 2 is 2.24 bits per heavy atom. The molecule has 5 heteroatoms. The van der Waals surface area contributed by atoms with E-state index in [2.05, 4.69) is 22.5 Å². The molecule has 1 aromatic heterocycles. The number of aliphatic hydroxyl groups excluding tert-OH is 1. The SMILES string of the molecule is Cc1cccc(NC(=O)NCc2sccc2C#CCO)c1. The topological polar surface area (TPSA) is 61.4 Å². The first-order valence-electron chi connectivity index (χ1n) is 6.46. The van der Waals surface area contributed by atoms with Crippen LogP contribution in [-0.2, 0) is 6.54 Å². The molecular weight excluding hydrogens is 284 g/mol. The lowest BCUT2D eigenvalue weighted by Gasteiger charge is -2.07. The van der Waals surface area contributed by atoms with Crippen molar-refractivity contribution in [3.63, 3.8) is 0 Å². The molecule has 0 spiro atoms. The van der Waals surface area contributed by atoms with Gasteiger partial charge in [-0.15, -0.1) is 11.3 Å². The lowest BCUT2D eigenvalue weighted by atomic mass is 10.2. The standard InChI is InChI=1S/C16H16N2O2S/c1-12-4-2-6-14(10-12)18-16(20)17-11-15-13(5-3-8-19)7-9-21-15/h2,4,6-7,9-10,19H,8,11H2,1H3,(H2,17,18,20). The minimum absolute atomic E-state index is 0.170. The number of aliphatic hydroxyl groups is 1. The molecule has 108 valence electrons. The van der Waals surface area contributed by atoms with Crippen LogP contribution in [0.5, 0.6) is 0 Å². The van der Waals surface area contributed by atoms with Crippen molar-refractivity contribution in [3.8, 4) is 11.8 Å². The number of amides is 2. The Kier molecular flexibility index (Phi) is 5.38.